The maximum absolute atomic E-state index is 5.46. The summed E-state index contributed by atoms with van der Waals surface area (Å²) < 4.78 is 10.6. The van der Waals surface area contributed by atoms with Crippen LogP contribution in [0.15, 0.2) is 24.3 Å². The third-order valence-corrected chi connectivity index (χ3v) is 2.36. The summed E-state index contributed by atoms with van der Waals surface area (Å²) in [6.07, 6.45) is 0.307. The fraction of sp³-hybridized carbons (Fsp3) is 0.571. The highest BCUT2D eigenvalue weighted by Gasteiger charge is 1.96. The van der Waals surface area contributed by atoms with E-state index in [0.717, 1.165) is 19.7 Å². The van der Waals surface area contributed by atoms with Gasteiger partial charge in [0.2, 0.25) is 0 Å². The number of ether oxygens (including phenoxy) is 2. The Balaban J connectivity index is 2.24. The maximum atomic E-state index is 5.46. The normalized spacial score (nSPS) is 11.1. The van der Waals surface area contributed by atoms with Crippen molar-refractivity contribution in [1.29, 1.82) is 0 Å². The first-order valence-corrected chi connectivity index (χ1v) is 6.11. The minimum Gasteiger partial charge on any atom is -0.380 e. The molecule has 0 atom stereocenters. The first-order chi connectivity index (χ1) is 8.22. The maximum Gasteiger partial charge on any atom is 0.0713 e. The van der Waals surface area contributed by atoms with Crippen molar-refractivity contribution in [3.8, 4) is 0 Å². The van der Waals surface area contributed by atoms with Gasteiger partial charge in [0, 0.05) is 20.2 Å². The summed E-state index contributed by atoms with van der Waals surface area (Å²) in [5.41, 5.74) is 2.49. The summed E-state index contributed by atoms with van der Waals surface area (Å²) in [4.78, 5) is 0. The van der Waals surface area contributed by atoms with Crippen molar-refractivity contribution in [1.82, 2.24) is 5.32 Å². The Morgan fingerprint density at radius 2 is 2.00 bits per heavy atom. The molecule has 0 radical (unpaired) electrons. The second kappa shape index (κ2) is 8.23. The molecular weight excluding hydrogens is 214 g/mol. The summed E-state index contributed by atoms with van der Waals surface area (Å²) >= 11 is 0. The van der Waals surface area contributed by atoms with Gasteiger partial charge in [0.25, 0.3) is 0 Å². The molecule has 0 unspecified atom stereocenters. The van der Waals surface area contributed by atoms with Crippen LogP contribution in [0.3, 0.4) is 0 Å². The molecule has 3 heteroatoms. The number of hydrogen-bond donors (Lipinski definition) is 1. The molecule has 17 heavy (non-hydrogen) atoms. The first-order valence-electron chi connectivity index (χ1n) is 6.11. The van der Waals surface area contributed by atoms with Crippen LogP contribution in [0.1, 0.15) is 25.0 Å². The molecule has 1 aromatic carbocycles. The highest BCUT2D eigenvalue weighted by molar-refractivity contribution is 5.22. The molecule has 0 amide bonds. The Hall–Kier alpha value is -0.900. The molecule has 3 nitrogen and oxygen atoms in total. The van der Waals surface area contributed by atoms with E-state index in [-0.39, 0.29) is 0 Å². The Labute approximate surface area is 104 Å². The SMILES string of the molecule is COCc1cccc(CNCCOC(C)C)c1. The molecule has 0 saturated carbocycles. The zero-order valence-electron chi connectivity index (χ0n) is 11.0. The van der Waals surface area contributed by atoms with Crippen molar-refractivity contribution in [2.75, 3.05) is 20.3 Å². The van der Waals surface area contributed by atoms with Crippen LogP contribution in [0, 0.1) is 0 Å². The van der Waals surface area contributed by atoms with Gasteiger partial charge in [-0.05, 0) is 25.0 Å². The second-order valence-electron chi connectivity index (χ2n) is 4.35. The van der Waals surface area contributed by atoms with E-state index in [0.29, 0.717) is 12.7 Å². The Bertz CT molecular complexity index is 313. The van der Waals surface area contributed by atoms with Crippen molar-refractivity contribution in [3.63, 3.8) is 0 Å². The summed E-state index contributed by atoms with van der Waals surface area (Å²) in [5, 5.41) is 3.36. The van der Waals surface area contributed by atoms with Crippen LogP contribution >= 0.6 is 0 Å². The molecule has 0 fully saturated rings. The van der Waals surface area contributed by atoms with Gasteiger partial charge in [-0.3, -0.25) is 0 Å². The Morgan fingerprint density at radius 3 is 2.71 bits per heavy atom. The van der Waals surface area contributed by atoms with Crippen LogP contribution in [-0.2, 0) is 22.6 Å². The smallest absolute Gasteiger partial charge is 0.0713 e. The molecule has 0 bridgehead atoms. The number of hydrogen-bond acceptors (Lipinski definition) is 3. The van der Waals surface area contributed by atoms with Crippen LogP contribution in [0.25, 0.3) is 0 Å². The summed E-state index contributed by atoms with van der Waals surface area (Å²) in [6.45, 7) is 7.29. The lowest BCUT2D eigenvalue weighted by Crippen LogP contribution is -2.21. The third kappa shape index (κ3) is 6.41. The van der Waals surface area contributed by atoms with Gasteiger partial charge in [-0.2, -0.15) is 0 Å². The van der Waals surface area contributed by atoms with Crippen LogP contribution in [0.4, 0.5) is 0 Å². The Morgan fingerprint density at radius 1 is 1.24 bits per heavy atom. The highest BCUT2D eigenvalue weighted by atomic mass is 16.5. The van der Waals surface area contributed by atoms with E-state index < -0.39 is 0 Å². The molecule has 0 saturated heterocycles. The van der Waals surface area contributed by atoms with Gasteiger partial charge < -0.3 is 14.8 Å². The van der Waals surface area contributed by atoms with E-state index in [1.54, 1.807) is 7.11 Å². The molecule has 0 spiro atoms. The lowest BCUT2D eigenvalue weighted by molar-refractivity contribution is 0.0807. The monoisotopic (exact) mass is 237 g/mol. The van der Waals surface area contributed by atoms with Crippen LogP contribution < -0.4 is 5.32 Å². The van der Waals surface area contributed by atoms with Gasteiger partial charge in [0.15, 0.2) is 0 Å². The fourth-order valence-corrected chi connectivity index (χ4v) is 1.60. The fourth-order valence-electron chi connectivity index (χ4n) is 1.60. The van der Waals surface area contributed by atoms with Gasteiger partial charge in [0.05, 0.1) is 19.3 Å². The van der Waals surface area contributed by atoms with E-state index in [2.05, 4.69) is 29.6 Å². The molecule has 1 N–H and O–H groups in total. The van der Waals surface area contributed by atoms with Gasteiger partial charge in [-0.15, -0.1) is 0 Å². The quantitative estimate of drug-likeness (QED) is 0.704. The minimum atomic E-state index is 0.307. The molecule has 0 aliphatic rings. The van der Waals surface area contributed by atoms with Crippen molar-refractivity contribution >= 4 is 0 Å². The average Bonchev–Trinajstić information content (AvgIpc) is 2.29. The number of nitrogens with one attached hydrogen (secondary N) is 1. The van der Waals surface area contributed by atoms with E-state index in [1.165, 1.54) is 11.1 Å². The van der Waals surface area contributed by atoms with E-state index >= 15 is 0 Å². The average molecular weight is 237 g/mol. The van der Waals surface area contributed by atoms with Gasteiger partial charge in [-0.25, -0.2) is 0 Å². The molecule has 1 aromatic rings. The van der Waals surface area contributed by atoms with E-state index in [4.69, 9.17) is 9.47 Å². The number of benzene rings is 1. The molecule has 0 aliphatic carbocycles. The first kappa shape index (κ1) is 14.2. The largest absolute Gasteiger partial charge is 0.380 e. The Kier molecular flexibility index (Phi) is 6.86. The van der Waals surface area contributed by atoms with E-state index in [1.807, 2.05) is 13.8 Å². The van der Waals surface area contributed by atoms with Crippen LogP contribution in [0.2, 0.25) is 0 Å². The molecular formula is C14H23NO2. The summed E-state index contributed by atoms with van der Waals surface area (Å²) in [7, 11) is 1.72. The van der Waals surface area contributed by atoms with Crippen molar-refractivity contribution < 1.29 is 9.47 Å². The lowest BCUT2D eigenvalue weighted by Gasteiger charge is -2.09. The van der Waals surface area contributed by atoms with Gasteiger partial charge in [0.1, 0.15) is 0 Å². The van der Waals surface area contributed by atoms with Crippen molar-refractivity contribution in [2.24, 2.45) is 0 Å². The predicted octanol–water partition coefficient (Wildman–Crippen LogP) is 2.35. The van der Waals surface area contributed by atoms with Crippen molar-refractivity contribution in [3.05, 3.63) is 35.4 Å². The second-order valence-corrected chi connectivity index (χ2v) is 4.35. The number of rotatable bonds is 8. The standard InChI is InChI=1S/C14H23NO2/c1-12(2)17-8-7-15-10-13-5-4-6-14(9-13)11-16-3/h4-6,9,12,15H,7-8,10-11H2,1-3H3. The lowest BCUT2D eigenvalue weighted by atomic mass is 10.1. The van der Waals surface area contributed by atoms with Crippen LogP contribution in [-0.4, -0.2) is 26.4 Å². The molecule has 96 valence electrons. The topological polar surface area (TPSA) is 30.5 Å². The van der Waals surface area contributed by atoms with Gasteiger partial charge >= 0.3 is 0 Å². The van der Waals surface area contributed by atoms with E-state index in [9.17, 15) is 0 Å². The minimum absolute atomic E-state index is 0.307. The third-order valence-electron chi connectivity index (χ3n) is 2.36. The highest BCUT2D eigenvalue weighted by Crippen LogP contribution is 2.05. The molecule has 0 heterocycles. The molecule has 0 aromatic heterocycles. The molecule has 0 aliphatic heterocycles. The molecule has 1 rings (SSSR count). The summed E-state index contributed by atoms with van der Waals surface area (Å²) in [6, 6.07) is 8.43. The number of methoxy groups -OCH3 is 1. The summed E-state index contributed by atoms with van der Waals surface area (Å²) in [5.74, 6) is 0. The zero-order valence-corrected chi connectivity index (χ0v) is 11.0. The van der Waals surface area contributed by atoms with Gasteiger partial charge in [-0.1, -0.05) is 24.3 Å². The predicted molar refractivity (Wildman–Crippen MR) is 69.9 cm³/mol. The zero-order chi connectivity index (χ0) is 12.5. The van der Waals surface area contributed by atoms with Crippen LogP contribution in [0.5, 0.6) is 0 Å². The van der Waals surface area contributed by atoms with Crippen molar-refractivity contribution in [2.45, 2.75) is 33.1 Å².